The van der Waals surface area contributed by atoms with Crippen LogP contribution in [-0.4, -0.2) is 0 Å². The van der Waals surface area contributed by atoms with Crippen molar-refractivity contribution in [3.05, 3.63) is 58.9 Å². The molecule has 2 N–H and O–H groups in total. The van der Waals surface area contributed by atoms with Gasteiger partial charge in [-0.3, -0.25) is 0 Å². The maximum absolute atomic E-state index is 13.2. The van der Waals surface area contributed by atoms with Crippen LogP contribution in [0, 0.1) is 24.1 Å². The van der Waals surface area contributed by atoms with Gasteiger partial charge in [-0.15, -0.1) is 0 Å². The van der Waals surface area contributed by atoms with E-state index in [2.05, 4.69) is 0 Å². The Morgan fingerprint density at radius 2 is 2.05 bits per heavy atom. The highest BCUT2D eigenvalue weighted by Gasteiger charge is 2.03. The average Bonchev–Trinajstić information content (AvgIpc) is 2.39. The fraction of sp³-hybridized carbons (Fsp3) is 0.133. The summed E-state index contributed by atoms with van der Waals surface area (Å²) in [6.07, 6.45) is 0. The molecule has 0 saturated carbocycles. The van der Waals surface area contributed by atoms with Gasteiger partial charge in [0.1, 0.15) is 18.2 Å². The van der Waals surface area contributed by atoms with Crippen LogP contribution in [-0.2, 0) is 6.61 Å². The van der Waals surface area contributed by atoms with E-state index >= 15 is 0 Å². The Morgan fingerprint density at radius 3 is 2.74 bits per heavy atom. The molecule has 0 fully saturated rings. The van der Waals surface area contributed by atoms with E-state index in [0.29, 0.717) is 17.0 Å². The minimum absolute atomic E-state index is 0.204. The van der Waals surface area contributed by atoms with Gasteiger partial charge in [0.15, 0.2) is 0 Å². The molecule has 0 radical (unpaired) electrons. The van der Waals surface area contributed by atoms with Gasteiger partial charge in [0, 0.05) is 5.69 Å². The number of nitrogens with two attached hydrogens (primary N) is 1. The summed E-state index contributed by atoms with van der Waals surface area (Å²) >= 11 is 0. The van der Waals surface area contributed by atoms with Crippen LogP contribution in [0.1, 0.15) is 16.7 Å². The zero-order chi connectivity index (χ0) is 13.8. The van der Waals surface area contributed by atoms with Crippen LogP contribution in [0.3, 0.4) is 0 Å². The summed E-state index contributed by atoms with van der Waals surface area (Å²) in [4.78, 5) is 0. The summed E-state index contributed by atoms with van der Waals surface area (Å²) in [6, 6.07) is 11.4. The molecule has 96 valence electrons. The van der Waals surface area contributed by atoms with Crippen LogP contribution < -0.4 is 10.5 Å². The van der Waals surface area contributed by atoms with Crippen LogP contribution in [0.25, 0.3) is 0 Å². The summed E-state index contributed by atoms with van der Waals surface area (Å²) in [5.74, 6) is 0.223. The number of nitrogens with zero attached hydrogens (tertiary/aromatic N) is 1. The molecule has 0 amide bonds. The normalized spacial score (nSPS) is 9.95. The molecule has 2 aromatic rings. The Morgan fingerprint density at radius 1 is 1.26 bits per heavy atom. The van der Waals surface area contributed by atoms with Crippen LogP contribution in [0.2, 0.25) is 0 Å². The van der Waals surface area contributed by atoms with Crippen molar-refractivity contribution in [1.82, 2.24) is 0 Å². The standard InChI is InChI=1S/C15H13FN2O/c1-10-4-14(2-3-15(10)18)19-9-12-5-11(8-17)6-13(16)7-12/h2-7H,9,18H2,1H3. The lowest BCUT2D eigenvalue weighted by molar-refractivity contribution is 0.305. The van der Waals surface area contributed by atoms with E-state index in [1.807, 2.05) is 19.1 Å². The summed E-state index contributed by atoms with van der Waals surface area (Å²) < 4.78 is 18.8. The van der Waals surface area contributed by atoms with Gasteiger partial charge in [0.05, 0.1) is 11.6 Å². The molecule has 0 atom stereocenters. The monoisotopic (exact) mass is 256 g/mol. The van der Waals surface area contributed by atoms with E-state index in [4.69, 9.17) is 15.7 Å². The highest BCUT2D eigenvalue weighted by atomic mass is 19.1. The molecular weight excluding hydrogens is 243 g/mol. The number of nitriles is 1. The van der Waals surface area contributed by atoms with E-state index in [1.165, 1.54) is 12.1 Å². The zero-order valence-corrected chi connectivity index (χ0v) is 10.5. The van der Waals surface area contributed by atoms with Gasteiger partial charge in [0.25, 0.3) is 0 Å². The van der Waals surface area contributed by atoms with Gasteiger partial charge in [0.2, 0.25) is 0 Å². The minimum atomic E-state index is -0.439. The lowest BCUT2D eigenvalue weighted by Crippen LogP contribution is -1.98. The van der Waals surface area contributed by atoms with E-state index in [-0.39, 0.29) is 12.2 Å². The van der Waals surface area contributed by atoms with Crippen molar-refractivity contribution in [3.8, 4) is 11.8 Å². The van der Waals surface area contributed by atoms with Crippen molar-refractivity contribution in [2.24, 2.45) is 0 Å². The molecule has 0 aliphatic rings. The molecule has 0 heterocycles. The third-order valence-corrected chi connectivity index (χ3v) is 2.73. The quantitative estimate of drug-likeness (QED) is 0.858. The van der Waals surface area contributed by atoms with Gasteiger partial charge in [-0.25, -0.2) is 4.39 Å². The number of hydrogen-bond donors (Lipinski definition) is 1. The summed E-state index contributed by atoms with van der Waals surface area (Å²) in [5.41, 5.74) is 8.24. The molecule has 0 spiro atoms. The molecular formula is C15H13FN2O. The molecule has 3 nitrogen and oxygen atoms in total. The Labute approximate surface area is 111 Å². The van der Waals surface area contributed by atoms with Crippen LogP contribution in [0.15, 0.2) is 36.4 Å². The predicted octanol–water partition coefficient (Wildman–Crippen LogP) is 3.17. The second kappa shape index (κ2) is 5.40. The Kier molecular flexibility index (Phi) is 3.67. The second-order valence-corrected chi connectivity index (χ2v) is 4.27. The molecule has 0 aromatic heterocycles. The Bertz CT molecular complexity index is 647. The molecule has 0 bridgehead atoms. The number of anilines is 1. The van der Waals surface area contributed by atoms with Crippen molar-refractivity contribution in [2.75, 3.05) is 5.73 Å². The number of hydrogen-bond acceptors (Lipinski definition) is 3. The molecule has 0 unspecified atom stereocenters. The Balaban J connectivity index is 2.12. The fourth-order valence-corrected chi connectivity index (χ4v) is 1.70. The van der Waals surface area contributed by atoms with Crippen molar-refractivity contribution in [2.45, 2.75) is 13.5 Å². The first-order valence-corrected chi connectivity index (χ1v) is 5.77. The summed E-state index contributed by atoms with van der Waals surface area (Å²) in [7, 11) is 0. The topological polar surface area (TPSA) is 59.0 Å². The average molecular weight is 256 g/mol. The number of rotatable bonds is 3. The molecule has 0 saturated heterocycles. The second-order valence-electron chi connectivity index (χ2n) is 4.27. The predicted molar refractivity (Wildman–Crippen MR) is 71.0 cm³/mol. The van der Waals surface area contributed by atoms with Crippen molar-refractivity contribution < 1.29 is 9.13 Å². The first-order valence-electron chi connectivity index (χ1n) is 5.77. The molecule has 19 heavy (non-hydrogen) atoms. The lowest BCUT2D eigenvalue weighted by Gasteiger charge is -2.08. The first kappa shape index (κ1) is 12.9. The maximum atomic E-state index is 13.2. The number of aryl methyl sites for hydroxylation is 1. The third kappa shape index (κ3) is 3.23. The fourth-order valence-electron chi connectivity index (χ4n) is 1.70. The van der Waals surface area contributed by atoms with Gasteiger partial charge < -0.3 is 10.5 Å². The smallest absolute Gasteiger partial charge is 0.124 e. The summed E-state index contributed by atoms with van der Waals surface area (Å²) in [6.45, 7) is 2.09. The third-order valence-electron chi connectivity index (χ3n) is 2.73. The van der Waals surface area contributed by atoms with Crippen LogP contribution in [0.4, 0.5) is 10.1 Å². The van der Waals surface area contributed by atoms with Crippen molar-refractivity contribution >= 4 is 5.69 Å². The van der Waals surface area contributed by atoms with Crippen LogP contribution >= 0.6 is 0 Å². The highest BCUT2D eigenvalue weighted by molar-refractivity contribution is 5.49. The number of ether oxygens (including phenoxy) is 1. The van der Waals surface area contributed by atoms with E-state index < -0.39 is 5.82 Å². The first-order chi connectivity index (χ1) is 9.08. The van der Waals surface area contributed by atoms with Crippen LogP contribution in [0.5, 0.6) is 5.75 Å². The van der Waals surface area contributed by atoms with Gasteiger partial charge >= 0.3 is 0 Å². The lowest BCUT2D eigenvalue weighted by atomic mass is 10.1. The van der Waals surface area contributed by atoms with E-state index in [9.17, 15) is 4.39 Å². The van der Waals surface area contributed by atoms with Crippen molar-refractivity contribution in [1.29, 1.82) is 5.26 Å². The van der Waals surface area contributed by atoms with Gasteiger partial charge in [-0.2, -0.15) is 5.26 Å². The SMILES string of the molecule is Cc1cc(OCc2cc(F)cc(C#N)c2)ccc1N. The summed E-state index contributed by atoms with van der Waals surface area (Å²) in [5, 5.41) is 8.77. The molecule has 0 aliphatic carbocycles. The van der Waals surface area contributed by atoms with Gasteiger partial charge in [-0.05, 0) is 54.4 Å². The maximum Gasteiger partial charge on any atom is 0.124 e. The molecule has 2 aromatic carbocycles. The van der Waals surface area contributed by atoms with Gasteiger partial charge in [-0.1, -0.05) is 0 Å². The number of benzene rings is 2. The molecule has 0 aliphatic heterocycles. The number of nitrogen functional groups attached to an aromatic ring is 1. The highest BCUT2D eigenvalue weighted by Crippen LogP contribution is 2.20. The van der Waals surface area contributed by atoms with Crippen molar-refractivity contribution in [3.63, 3.8) is 0 Å². The zero-order valence-electron chi connectivity index (χ0n) is 10.5. The largest absolute Gasteiger partial charge is 0.489 e. The molecule has 4 heteroatoms. The minimum Gasteiger partial charge on any atom is -0.489 e. The molecule has 2 rings (SSSR count). The van der Waals surface area contributed by atoms with E-state index in [0.717, 1.165) is 5.56 Å². The van der Waals surface area contributed by atoms with E-state index in [1.54, 1.807) is 18.2 Å². The Hall–Kier alpha value is -2.54. The number of halogens is 1.